The van der Waals surface area contributed by atoms with Gasteiger partial charge in [-0.1, -0.05) is 0 Å². The van der Waals surface area contributed by atoms with Gasteiger partial charge in [0.15, 0.2) is 0 Å². The second kappa shape index (κ2) is 5.80. The molecule has 3 fully saturated rings. The van der Waals surface area contributed by atoms with Gasteiger partial charge in [-0.05, 0) is 53.4 Å². The van der Waals surface area contributed by atoms with Crippen LogP contribution in [-0.4, -0.2) is 60.5 Å². The number of nitrogens with one attached hydrogen (secondary N) is 1. The molecule has 0 radical (unpaired) electrons. The van der Waals surface area contributed by atoms with Crippen LogP contribution >= 0.6 is 0 Å². The van der Waals surface area contributed by atoms with Crippen LogP contribution in [0.15, 0.2) is 0 Å². The first-order valence-corrected chi connectivity index (χ1v) is 8.63. The Morgan fingerprint density at radius 1 is 0.952 bits per heavy atom. The topological polar surface area (TPSA) is 33.7 Å². The number of nitrogens with zero attached hydrogens (tertiary/aromatic N) is 1. The van der Waals surface area contributed by atoms with Gasteiger partial charge >= 0.3 is 0 Å². The second-order valence-corrected chi connectivity index (χ2v) is 8.43. The molecule has 4 heteroatoms. The van der Waals surface area contributed by atoms with E-state index in [1.807, 2.05) is 0 Å². The molecule has 0 aromatic heterocycles. The van der Waals surface area contributed by atoms with Crippen molar-refractivity contribution in [3.8, 4) is 0 Å². The zero-order valence-electron chi connectivity index (χ0n) is 14.2. The summed E-state index contributed by atoms with van der Waals surface area (Å²) in [6.45, 7) is 12.9. The molecule has 1 aliphatic carbocycles. The summed E-state index contributed by atoms with van der Waals surface area (Å²) in [4.78, 5) is 2.53. The monoisotopic (exact) mass is 296 g/mol. The van der Waals surface area contributed by atoms with Gasteiger partial charge in [-0.15, -0.1) is 0 Å². The van der Waals surface area contributed by atoms with Gasteiger partial charge in [0, 0.05) is 32.2 Å². The fourth-order valence-electron chi connectivity index (χ4n) is 4.01. The van der Waals surface area contributed by atoms with Gasteiger partial charge in [0.25, 0.3) is 0 Å². The van der Waals surface area contributed by atoms with E-state index >= 15 is 0 Å². The molecule has 1 N–H and O–H groups in total. The van der Waals surface area contributed by atoms with Gasteiger partial charge < -0.3 is 14.8 Å². The predicted molar refractivity (Wildman–Crippen MR) is 84.6 cm³/mol. The van der Waals surface area contributed by atoms with Crippen LogP contribution in [0.1, 0.15) is 53.4 Å². The zero-order valence-corrected chi connectivity index (χ0v) is 14.2. The van der Waals surface area contributed by atoms with Crippen LogP contribution in [0.25, 0.3) is 0 Å². The van der Waals surface area contributed by atoms with Crippen LogP contribution in [0.4, 0.5) is 0 Å². The molecule has 2 aliphatic heterocycles. The van der Waals surface area contributed by atoms with Crippen molar-refractivity contribution in [1.82, 2.24) is 10.2 Å². The highest BCUT2D eigenvalue weighted by Crippen LogP contribution is 2.30. The third-order valence-electron chi connectivity index (χ3n) is 4.63. The van der Waals surface area contributed by atoms with E-state index in [2.05, 4.69) is 37.9 Å². The lowest BCUT2D eigenvalue weighted by molar-refractivity contribution is -0.184. The molecule has 2 unspecified atom stereocenters. The van der Waals surface area contributed by atoms with E-state index in [9.17, 15) is 0 Å². The molecule has 2 atom stereocenters. The van der Waals surface area contributed by atoms with Gasteiger partial charge in [-0.3, -0.25) is 4.90 Å². The first-order valence-electron chi connectivity index (χ1n) is 8.63. The summed E-state index contributed by atoms with van der Waals surface area (Å²) in [5, 5.41) is 3.59. The van der Waals surface area contributed by atoms with E-state index in [1.54, 1.807) is 0 Å². The van der Waals surface area contributed by atoms with E-state index in [0.717, 1.165) is 32.2 Å². The Labute approximate surface area is 129 Å². The average molecular weight is 296 g/mol. The Morgan fingerprint density at radius 2 is 1.57 bits per heavy atom. The molecule has 0 amide bonds. The van der Waals surface area contributed by atoms with E-state index in [0.29, 0.717) is 12.2 Å². The minimum Gasteiger partial charge on any atom is -0.372 e. The predicted octanol–water partition coefficient (Wildman–Crippen LogP) is 2.18. The summed E-state index contributed by atoms with van der Waals surface area (Å²) < 4.78 is 12.4. The maximum Gasteiger partial charge on any atom is 0.0760 e. The molecule has 4 nitrogen and oxygen atoms in total. The number of morpholine rings is 1. The summed E-state index contributed by atoms with van der Waals surface area (Å²) >= 11 is 0. The highest BCUT2D eigenvalue weighted by Gasteiger charge is 2.39. The lowest BCUT2D eigenvalue weighted by Gasteiger charge is -2.47. The highest BCUT2D eigenvalue weighted by molar-refractivity contribution is 4.91. The zero-order chi connectivity index (χ0) is 15.1. The third-order valence-corrected chi connectivity index (χ3v) is 4.63. The molecule has 21 heavy (non-hydrogen) atoms. The van der Waals surface area contributed by atoms with E-state index in [1.165, 1.54) is 25.7 Å². The Hall–Kier alpha value is -0.160. The molecule has 3 aliphatic rings. The van der Waals surface area contributed by atoms with Crippen molar-refractivity contribution in [1.29, 1.82) is 0 Å². The van der Waals surface area contributed by atoms with Crippen molar-refractivity contribution in [2.24, 2.45) is 0 Å². The quantitative estimate of drug-likeness (QED) is 0.843. The maximum absolute atomic E-state index is 6.23. The number of ether oxygens (including phenoxy) is 2. The largest absolute Gasteiger partial charge is 0.372 e. The molecule has 0 bridgehead atoms. The first kappa shape index (κ1) is 15.7. The Morgan fingerprint density at radius 3 is 2.19 bits per heavy atom. The van der Waals surface area contributed by atoms with Gasteiger partial charge in [0.05, 0.1) is 23.4 Å². The summed E-state index contributed by atoms with van der Waals surface area (Å²) in [5.74, 6) is 0. The lowest BCUT2D eigenvalue weighted by atomic mass is 9.98. The number of hydrogen-bond acceptors (Lipinski definition) is 4. The van der Waals surface area contributed by atoms with Crippen LogP contribution in [0, 0.1) is 0 Å². The second-order valence-electron chi connectivity index (χ2n) is 8.43. The summed E-state index contributed by atoms with van der Waals surface area (Å²) in [5.41, 5.74) is -0.124. The van der Waals surface area contributed by atoms with Crippen molar-refractivity contribution < 1.29 is 9.47 Å². The molecule has 0 spiro atoms. The molecular weight excluding hydrogens is 264 g/mol. The van der Waals surface area contributed by atoms with E-state index in [4.69, 9.17) is 9.47 Å². The van der Waals surface area contributed by atoms with Crippen LogP contribution in [0.3, 0.4) is 0 Å². The molecule has 0 aromatic carbocycles. The average Bonchev–Trinajstić information content (AvgIpc) is 3.04. The third kappa shape index (κ3) is 4.65. The number of hydrogen-bond donors (Lipinski definition) is 1. The van der Waals surface area contributed by atoms with Crippen molar-refractivity contribution in [3.63, 3.8) is 0 Å². The minimum absolute atomic E-state index is 0.0622. The standard InChI is InChI=1S/C17H32N2O2/c1-16(2)11-19(12-17(3,4)21-16)10-15-8-7-14(20-15)9-18-13-5-6-13/h13-15,18H,5-12H2,1-4H3. The molecule has 2 heterocycles. The minimum atomic E-state index is -0.0622. The molecule has 1 saturated carbocycles. The molecule has 0 aromatic rings. The van der Waals surface area contributed by atoms with E-state index < -0.39 is 0 Å². The van der Waals surface area contributed by atoms with Crippen LogP contribution in [0.5, 0.6) is 0 Å². The summed E-state index contributed by atoms with van der Waals surface area (Å²) in [7, 11) is 0. The van der Waals surface area contributed by atoms with Crippen molar-refractivity contribution in [2.75, 3.05) is 26.2 Å². The van der Waals surface area contributed by atoms with Crippen molar-refractivity contribution >= 4 is 0 Å². The SMILES string of the molecule is CC1(C)CN(CC2CCC(CNC3CC3)O2)CC(C)(C)O1. The molecule has 3 rings (SSSR count). The highest BCUT2D eigenvalue weighted by atomic mass is 16.5. The maximum atomic E-state index is 6.23. The van der Waals surface area contributed by atoms with Gasteiger partial charge in [0.2, 0.25) is 0 Å². The summed E-state index contributed by atoms with van der Waals surface area (Å²) in [6.07, 6.45) is 5.96. The van der Waals surface area contributed by atoms with Gasteiger partial charge in [0.1, 0.15) is 0 Å². The van der Waals surface area contributed by atoms with Gasteiger partial charge in [-0.25, -0.2) is 0 Å². The molecular formula is C17H32N2O2. The summed E-state index contributed by atoms with van der Waals surface area (Å²) in [6, 6.07) is 0.786. The fraction of sp³-hybridized carbons (Fsp3) is 1.00. The van der Waals surface area contributed by atoms with Crippen LogP contribution in [0.2, 0.25) is 0 Å². The fourth-order valence-corrected chi connectivity index (χ4v) is 4.01. The van der Waals surface area contributed by atoms with Crippen LogP contribution in [-0.2, 0) is 9.47 Å². The number of rotatable bonds is 5. The first-order chi connectivity index (χ1) is 9.81. The molecule has 122 valence electrons. The Balaban J connectivity index is 1.45. The van der Waals surface area contributed by atoms with Gasteiger partial charge in [-0.2, -0.15) is 0 Å². The van der Waals surface area contributed by atoms with Crippen LogP contribution < -0.4 is 5.32 Å². The Bertz CT molecular complexity index is 350. The smallest absolute Gasteiger partial charge is 0.0760 e. The van der Waals surface area contributed by atoms with Crippen molar-refractivity contribution in [3.05, 3.63) is 0 Å². The normalized spacial score (nSPS) is 36.0. The molecule has 2 saturated heterocycles. The lowest BCUT2D eigenvalue weighted by Crippen LogP contribution is -2.58. The van der Waals surface area contributed by atoms with E-state index in [-0.39, 0.29) is 11.2 Å². The van der Waals surface area contributed by atoms with Crippen molar-refractivity contribution in [2.45, 2.75) is 82.8 Å². The Kier molecular flexibility index (Phi) is 4.34.